The zero-order chi connectivity index (χ0) is 12.4. The van der Waals surface area contributed by atoms with Gasteiger partial charge in [-0.25, -0.2) is 0 Å². The van der Waals surface area contributed by atoms with Crippen molar-refractivity contribution in [1.29, 1.82) is 0 Å². The van der Waals surface area contributed by atoms with E-state index in [-0.39, 0.29) is 18.4 Å². The smallest absolute Gasteiger partial charge is 0.250 e. The summed E-state index contributed by atoms with van der Waals surface area (Å²) in [6.07, 6.45) is 0. The highest BCUT2D eigenvalue weighted by Gasteiger charge is 2.33. The van der Waals surface area contributed by atoms with E-state index in [4.69, 9.17) is 4.74 Å². The fraction of sp³-hybridized carbons (Fsp3) is 0.333. The number of nitrogens with zero attached hydrogens (tertiary/aromatic N) is 1. The van der Waals surface area contributed by atoms with Crippen LogP contribution in [0.1, 0.15) is 11.6 Å². The number of carbonyl (C=O) groups is 2. The van der Waals surface area contributed by atoms with Gasteiger partial charge in [-0.05, 0) is 6.07 Å². The monoisotopic (exact) mass is 234 g/mol. The maximum absolute atomic E-state index is 12.0. The lowest BCUT2D eigenvalue weighted by molar-refractivity contribution is -0.143. The molecular formula is C12H14N2O3. The molecule has 0 spiro atoms. The van der Waals surface area contributed by atoms with Gasteiger partial charge in [-0.15, -0.1) is 0 Å². The van der Waals surface area contributed by atoms with Crippen LogP contribution < -0.4 is 10.1 Å². The maximum atomic E-state index is 12.0. The van der Waals surface area contributed by atoms with Crippen molar-refractivity contribution in [2.24, 2.45) is 0 Å². The molecule has 0 unspecified atom stereocenters. The second kappa shape index (κ2) is 4.45. The minimum absolute atomic E-state index is 0.102. The third-order valence-electron chi connectivity index (χ3n) is 2.76. The van der Waals surface area contributed by atoms with Crippen molar-refractivity contribution in [2.45, 2.75) is 6.04 Å². The van der Waals surface area contributed by atoms with Crippen LogP contribution in [0.3, 0.4) is 0 Å². The van der Waals surface area contributed by atoms with Crippen molar-refractivity contribution in [1.82, 2.24) is 10.2 Å². The van der Waals surface area contributed by atoms with E-state index in [1.54, 1.807) is 19.2 Å². The number of ether oxygens (including phenoxy) is 1. The molecule has 1 N–H and O–H groups in total. The van der Waals surface area contributed by atoms with E-state index in [2.05, 4.69) is 5.32 Å². The van der Waals surface area contributed by atoms with E-state index in [0.717, 1.165) is 0 Å². The molecule has 0 aromatic heterocycles. The third-order valence-corrected chi connectivity index (χ3v) is 2.76. The van der Waals surface area contributed by atoms with Gasteiger partial charge in [0.05, 0.1) is 13.7 Å². The largest absolute Gasteiger partial charge is 0.496 e. The molecule has 1 fully saturated rings. The first-order valence-electron chi connectivity index (χ1n) is 5.30. The molecule has 0 aliphatic carbocycles. The SMILES string of the molecule is COc1ccccc1[C@H]1NC(=O)CN(C)C1=O. The second-order valence-electron chi connectivity index (χ2n) is 3.94. The molecule has 2 amide bonds. The lowest BCUT2D eigenvalue weighted by Crippen LogP contribution is -2.51. The Labute approximate surface area is 99.4 Å². The Morgan fingerprint density at radius 2 is 2.06 bits per heavy atom. The van der Waals surface area contributed by atoms with E-state index in [1.807, 2.05) is 12.1 Å². The Hall–Kier alpha value is -2.04. The normalized spacial score (nSPS) is 20.1. The number of benzene rings is 1. The number of amides is 2. The number of hydrogen-bond acceptors (Lipinski definition) is 3. The summed E-state index contributed by atoms with van der Waals surface area (Å²) in [4.78, 5) is 24.9. The van der Waals surface area contributed by atoms with E-state index in [9.17, 15) is 9.59 Å². The van der Waals surface area contributed by atoms with Crippen LogP contribution in [0.5, 0.6) is 5.75 Å². The van der Waals surface area contributed by atoms with Crippen molar-refractivity contribution >= 4 is 11.8 Å². The molecule has 1 aliphatic heterocycles. The molecule has 0 saturated carbocycles. The van der Waals surface area contributed by atoms with Crippen molar-refractivity contribution in [3.63, 3.8) is 0 Å². The van der Waals surface area contributed by atoms with Crippen molar-refractivity contribution < 1.29 is 14.3 Å². The van der Waals surface area contributed by atoms with Gasteiger partial charge in [0.25, 0.3) is 0 Å². The molecule has 5 heteroatoms. The summed E-state index contributed by atoms with van der Waals surface area (Å²) in [6.45, 7) is 0.102. The summed E-state index contributed by atoms with van der Waals surface area (Å²) >= 11 is 0. The van der Waals surface area contributed by atoms with Gasteiger partial charge in [0.15, 0.2) is 0 Å². The maximum Gasteiger partial charge on any atom is 0.250 e. The number of likely N-dealkylation sites (N-methyl/N-ethyl adjacent to an activating group) is 1. The molecule has 1 heterocycles. The average molecular weight is 234 g/mol. The zero-order valence-corrected chi connectivity index (χ0v) is 9.77. The van der Waals surface area contributed by atoms with Gasteiger partial charge < -0.3 is 15.0 Å². The van der Waals surface area contributed by atoms with Crippen LogP contribution in [0.2, 0.25) is 0 Å². The highest BCUT2D eigenvalue weighted by Crippen LogP contribution is 2.27. The first-order valence-corrected chi connectivity index (χ1v) is 5.30. The number of rotatable bonds is 2. The fourth-order valence-corrected chi connectivity index (χ4v) is 1.90. The quantitative estimate of drug-likeness (QED) is 0.802. The Morgan fingerprint density at radius 1 is 1.35 bits per heavy atom. The molecule has 1 aromatic rings. The summed E-state index contributed by atoms with van der Waals surface area (Å²) in [5.74, 6) is 0.304. The molecular weight excluding hydrogens is 220 g/mol. The predicted molar refractivity (Wildman–Crippen MR) is 61.5 cm³/mol. The Kier molecular flexibility index (Phi) is 2.99. The second-order valence-corrected chi connectivity index (χ2v) is 3.94. The summed E-state index contributed by atoms with van der Waals surface area (Å²) < 4.78 is 5.20. The third kappa shape index (κ3) is 2.08. The summed E-state index contributed by atoms with van der Waals surface area (Å²) in [5, 5.41) is 2.68. The number of carbonyl (C=O) groups excluding carboxylic acids is 2. The Morgan fingerprint density at radius 3 is 2.76 bits per heavy atom. The van der Waals surface area contributed by atoms with Crippen molar-refractivity contribution in [3.05, 3.63) is 29.8 Å². The minimum Gasteiger partial charge on any atom is -0.496 e. The molecule has 5 nitrogen and oxygen atoms in total. The molecule has 1 atom stereocenters. The van der Waals surface area contributed by atoms with Gasteiger partial charge in [0, 0.05) is 12.6 Å². The van der Waals surface area contributed by atoms with Crippen LogP contribution in [-0.2, 0) is 9.59 Å². The van der Waals surface area contributed by atoms with E-state index in [1.165, 1.54) is 12.0 Å². The molecule has 1 saturated heterocycles. The molecule has 1 aromatic carbocycles. The van der Waals surface area contributed by atoms with Crippen LogP contribution in [0.15, 0.2) is 24.3 Å². The van der Waals surface area contributed by atoms with Crippen LogP contribution in [0.4, 0.5) is 0 Å². The molecule has 0 radical (unpaired) electrons. The molecule has 17 heavy (non-hydrogen) atoms. The number of piperazine rings is 1. The topological polar surface area (TPSA) is 58.6 Å². The highest BCUT2D eigenvalue weighted by molar-refractivity contribution is 5.95. The Balaban J connectivity index is 2.37. The highest BCUT2D eigenvalue weighted by atomic mass is 16.5. The van der Waals surface area contributed by atoms with E-state index < -0.39 is 6.04 Å². The summed E-state index contributed by atoms with van der Waals surface area (Å²) in [7, 11) is 3.15. The lowest BCUT2D eigenvalue weighted by atomic mass is 10.0. The predicted octanol–water partition coefficient (Wildman–Crippen LogP) is 0.324. The van der Waals surface area contributed by atoms with Gasteiger partial charge in [0.2, 0.25) is 11.8 Å². The summed E-state index contributed by atoms with van der Waals surface area (Å²) in [5.41, 5.74) is 0.680. The first-order chi connectivity index (χ1) is 8.13. The molecule has 0 bridgehead atoms. The van der Waals surface area contributed by atoms with Gasteiger partial charge in [0.1, 0.15) is 11.8 Å². The van der Waals surface area contributed by atoms with E-state index >= 15 is 0 Å². The first kappa shape index (κ1) is 11.4. The van der Waals surface area contributed by atoms with Crippen LogP contribution in [0.25, 0.3) is 0 Å². The number of methoxy groups -OCH3 is 1. The van der Waals surface area contributed by atoms with Crippen LogP contribution >= 0.6 is 0 Å². The zero-order valence-electron chi connectivity index (χ0n) is 9.77. The van der Waals surface area contributed by atoms with Gasteiger partial charge in [-0.3, -0.25) is 9.59 Å². The molecule has 1 aliphatic rings. The van der Waals surface area contributed by atoms with Gasteiger partial charge in [-0.1, -0.05) is 18.2 Å². The standard InChI is InChI=1S/C12H14N2O3/c1-14-7-10(15)13-11(12(14)16)8-5-3-4-6-9(8)17-2/h3-6,11H,7H2,1-2H3,(H,13,15)/t11-/m1/s1. The van der Waals surface area contributed by atoms with Gasteiger partial charge >= 0.3 is 0 Å². The van der Waals surface area contributed by atoms with Gasteiger partial charge in [-0.2, -0.15) is 0 Å². The number of para-hydroxylation sites is 1. The number of hydrogen-bond donors (Lipinski definition) is 1. The van der Waals surface area contributed by atoms with E-state index in [0.29, 0.717) is 11.3 Å². The molecule has 90 valence electrons. The van der Waals surface area contributed by atoms with Crippen LogP contribution in [0, 0.1) is 0 Å². The number of nitrogens with one attached hydrogen (secondary N) is 1. The Bertz CT molecular complexity index is 459. The molecule has 2 rings (SSSR count). The van der Waals surface area contributed by atoms with Crippen molar-refractivity contribution in [2.75, 3.05) is 20.7 Å². The average Bonchev–Trinajstić information content (AvgIpc) is 2.33. The minimum atomic E-state index is -0.655. The van der Waals surface area contributed by atoms with Crippen LogP contribution in [-0.4, -0.2) is 37.4 Å². The lowest BCUT2D eigenvalue weighted by Gasteiger charge is -2.30. The van der Waals surface area contributed by atoms with Crippen molar-refractivity contribution in [3.8, 4) is 5.75 Å². The fourth-order valence-electron chi connectivity index (χ4n) is 1.90. The summed E-state index contributed by atoms with van der Waals surface area (Å²) in [6, 6.07) is 6.52.